The number of methoxy groups -OCH3 is 1. The summed E-state index contributed by atoms with van der Waals surface area (Å²) in [7, 11) is 1.59. The number of non-ortho nitro benzene ring substituents is 1. The fraction of sp³-hybridized carbons (Fsp3) is 0.500. The van der Waals surface area contributed by atoms with Crippen LogP contribution in [0.3, 0.4) is 0 Å². The van der Waals surface area contributed by atoms with E-state index in [0.29, 0.717) is 19.6 Å². The smallest absolute Gasteiger partial charge is 0.269 e. The van der Waals surface area contributed by atoms with Gasteiger partial charge in [-0.25, -0.2) is 0 Å². The van der Waals surface area contributed by atoms with Gasteiger partial charge in [-0.1, -0.05) is 12.1 Å². The van der Waals surface area contributed by atoms with Crippen molar-refractivity contribution < 1.29 is 14.5 Å². The van der Waals surface area contributed by atoms with E-state index < -0.39 is 4.92 Å². The molecule has 21 heavy (non-hydrogen) atoms. The third kappa shape index (κ3) is 6.82. The number of hydrogen-bond donors (Lipinski definition) is 2. The van der Waals surface area contributed by atoms with Crippen molar-refractivity contribution in [1.29, 1.82) is 0 Å². The Labute approximate surface area is 123 Å². The van der Waals surface area contributed by atoms with E-state index in [1.165, 1.54) is 12.1 Å². The number of amides is 1. The molecule has 0 radical (unpaired) electrons. The van der Waals surface area contributed by atoms with E-state index in [2.05, 4.69) is 10.6 Å². The van der Waals surface area contributed by atoms with Crippen LogP contribution in [0.4, 0.5) is 5.69 Å². The molecule has 1 unspecified atom stereocenters. The van der Waals surface area contributed by atoms with E-state index in [0.717, 1.165) is 5.56 Å². The Kier molecular flexibility index (Phi) is 7.34. The zero-order chi connectivity index (χ0) is 15.7. The zero-order valence-corrected chi connectivity index (χ0v) is 12.3. The molecule has 0 aliphatic rings. The van der Waals surface area contributed by atoms with Crippen LogP contribution in [0.25, 0.3) is 0 Å². The Morgan fingerprint density at radius 1 is 1.38 bits per heavy atom. The standard InChI is InChI=1S/C14H21N3O4/c1-11(10-21-2)16-14(18)9-15-8-7-12-3-5-13(6-4-12)17(19)20/h3-6,11,15H,7-10H2,1-2H3,(H,16,18). The highest BCUT2D eigenvalue weighted by atomic mass is 16.6. The van der Waals surface area contributed by atoms with Gasteiger partial charge in [0.1, 0.15) is 0 Å². The highest BCUT2D eigenvalue weighted by Gasteiger charge is 2.06. The lowest BCUT2D eigenvalue weighted by molar-refractivity contribution is -0.384. The molecule has 0 aromatic heterocycles. The summed E-state index contributed by atoms with van der Waals surface area (Å²) in [5, 5.41) is 16.4. The highest BCUT2D eigenvalue weighted by molar-refractivity contribution is 5.78. The largest absolute Gasteiger partial charge is 0.383 e. The zero-order valence-electron chi connectivity index (χ0n) is 12.3. The molecule has 0 aliphatic heterocycles. The molecule has 7 heteroatoms. The van der Waals surface area contributed by atoms with Crippen LogP contribution in [0.1, 0.15) is 12.5 Å². The molecule has 1 aromatic rings. The van der Waals surface area contributed by atoms with Crippen LogP contribution < -0.4 is 10.6 Å². The first-order valence-electron chi connectivity index (χ1n) is 6.75. The molecule has 1 amide bonds. The van der Waals surface area contributed by atoms with Gasteiger partial charge < -0.3 is 15.4 Å². The molecule has 0 bridgehead atoms. The van der Waals surface area contributed by atoms with Gasteiger partial charge in [0.25, 0.3) is 5.69 Å². The molecule has 116 valence electrons. The normalized spacial score (nSPS) is 11.9. The Balaban J connectivity index is 2.21. The average Bonchev–Trinajstić information content (AvgIpc) is 2.44. The van der Waals surface area contributed by atoms with Gasteiger partial charge in [-0.15, -0.1) is 0 Å². The number of nitro groups is 1. The van der Waals surface area contributed by atoms with Crippen molar-refractivity contribution in [1.82, 2.24) is 10.6 Å². The van der Waals surface area contributed by atoms with Gasteiger partial charge >= 0.3 is 0 Å². The summed E-state index contributed by atoms with van der Waals surface area (Å²) in [6, 6.07) is 6.39. The Hall–Kier alpha value is -1.99. The minimum atomic E-state index is -0.423. The van der Waals surface area contributed by atoms with Crippen LogP contribution in [0.15, 0.2) is 24.3 Å². The number of carbonyl (C=O) groups excluding carboxylic acids is 1. The predicted octanol–water partition coefficient (Wildman–Crippen LogP) is 0.878. The third-order valence-corrected chi connectivity index (χ3v) is 2.85. The first-order chi connectivity index (χ1) is 10.0. The van der Waals surface area contributed by atoms with Crippen molar-refractivity contribution in [2.45, 2.75) is 19.4 Å². The maximum Gasteiger partial charge on any atom is 0.269 e. The van der Waals surface area contributed by atoms with Crippen molar-refractivity contribution in [3.05, 3.63) is 39.9 Å². The van der Waals surface area contributed by atoms with Crippen molar-refractivity contribution in [3.8, 4) is 0 Å². The van der Waals surface area contributed by atoms with E-state index in [1.807, 2.05) is 6.92 Å². The molecule has 0 saturated heterocycles. The molecule has 1 atom stereocenters. The summed E-state index contributed by atoms with van der Waals surface area (Å²) in [4.78, 5) is 21.7. The number of carbonyl (C=O) groups is 1. The van der Waals surface area contributed by atoms with Crippen LogP contribution in [0.5, 0.6) is 0 Å². The highest BCUT2D eigenvalue weighted by Crippen LogP contribution is 2.11. The second-order valence-electron chi connectivity index (χ2n) is 4.77. The summed E-state index contributed by atoms with van der Waals surface area (Å²) < 4.78 is 4.93. The molecule has 0 aliphatic carbocycles. The Morgan fingerprint density at radius 2 is 2.05 bits per heavy atom. The second-order valence-corrected chi connectivity index (χ2v) is 4.77. The van der Waals surface area contributed by atoms with Crippen LogP contribution in [-0.2, 0) is 16.0 Å². The summed E-state index contributed by atoms with van der Waals surface area (Å²) in [5.41, 5.74) is 1.07. The molecular weight excluding hydrogens is 274 g/mol. The second kappa shape index (κ2) is 9.04. The molecular formula is C14H21N3O4. The van der Waals surface area contributed by atoms with Crippen molar-refractivity contribution >= 4 is 11.6 Å². The van der Waals surface area contributed by atoms with E-state index in [-0.39, 0.29) is 24.2 Å². The van der Waals surface area contributed by atoms with Crippen molar-refractivity contribution in [2.24, 2.45) is 0 Å². The van der Waals surface area contributed by atoms with Crippen molar-refractivity contribution in [2.75, 3.05) is 26.8 Å². The summed E-state index contributed by atoms with van der Waals surface area (Å²) in [6.07, 6.45) is 0.707. The van der Waals surface area contributed by atoms with E-state index in [4.69, 9.17) is 4.74 Å². The van der Waals surface area contributed by atoms with Gasteiger partial charge in [0.05, 0.1) is 18.1 Å². The number of benzene rings is 1. The van der Waals surface area contributed by atoms with Crippen LogP contribution in [0.2, 0.25) is 0 Å². The van der Waals surface area contributed by atoms with Crippen LogP contribution in [0, 0.1) is 10.1 Å². The van der Waals surface area contributed by atoms with Gasteiger partial charge in [-0.05, 0) is 25.5 Å². The number of rotatable bonds is 9. The molecule has 0 fully saturated rings. The summed E-state index contributed by atoms with van der Waals surface area (Å²) in [6.45, 7) is 3.22. The fourth-order valence-corrected chi connectivity index (χ4v) is 1.84. The Morgan fingerprint density at radius 3 is 2.62 bits per heavy atom. The minimum absolute atomic E-state index is 0.0148. The molecule has 2 N–H and O–H groups in total. The van der Waals surface area contributed by atoms with Crippen molar-refractivity contribution in [3.63, 3.8) is 0 Å². The maximum atomic E-state index is 11.6. The number of nitro benzene ring substituents is 1. The summed E-state index contributed by atoms with van der Waals surface area (Å²) in [5.74, 6) is -0.0803. The summed E-state index contributed by atoms with van der Waals surface area (Å²) >= 11 is 0. The first-order valence-corrected chi connectivity index (χ1v) is 6.75. The lowest BCUT2D eigenvalue weighted by atomic mass is 10.1. The van der Waals surface area contributed by atoms with Crippen LogP contribution >= 0.6 is 0 Å². The SMILES string of the molecule is COCC(C)NC(=O)CNCCc1ccc([N+](=O)[O-])cc1. The van der Waals surface area contributed by atoms with Crippen LogP contribution in [-0.4, -0.2) is 43.7 Å². The average molecular weight is 295 g/mol. The number of hydrogen-bond acceptors (Lipinski definition) is 5. The molecule has 1 rings (SSSR count). The molecule has 0 saturated carbocycles. The predicted molar refractivity (Wildman–Crippen MR) is 79.2 cm³/mol. The van der Waals surface area contributed by atoms with E-state index >= 15 is 0 Å². The van der Waals surface area contributed by atoms with E-state index in [9.17, 15) is 14.9 Å². The maximum absolute atomic E-state index is 11.6. The third-order valence-electron chi connectivity index (χ3n) is 2.85. The lowest BCUT2D eigenvalue weighted by Gasteiger charge is -2.13. The molecule has 0 spiro atoms. The molecule has 7 nitrogen and oxygen atoms in total. The van der Waals surface area contributed by atoms with Gasteiger partial charge in [0.15, 0.2) is 0 Å². The first kappa shape index (κ1) is 17.1. The number of ether oxygens (including phenoxy) is 1. The molecule has 1 aromatic carbocycles. The fourth-order valence-electron chi connectivity index (χ4n) is 1.84. The minimum Gasteiger partial charge on any atom is -0.383 e. The van der Waals surface area contributed by atoms with E-state index in [1.54, 1.807) is 19.2 Å². The monoisotopic (exact) mass is 295 g/mol. The number of nitrogens with one attached hydrogen (secondary N) is 2. The van der Waals surface area contributed by atoms with Gasteiger partial charge in [-0.3, -0.25) is 14.9 Å². The molecule has 0 heterocycles. The van der Waals surface area contributed by atoms with Gasteiger partial charge in [0, 0.05) is 25.3 Å². The lowest BCUT2D eigenvalue weighted by Crippen LogP contribution is -2.41. The quantitative estimate of drug-likeness (QED) is 0.401. The Bertz CT molecular complexity index is 462. The van der Waals surface area contributed by atoms with Gasteiger partial charge in [-0.2, -0.15) is 0 Å². The topological polar surface area (TPSA) is 93.5 Å². The van der Waals surface area contributed by atoms with Gasteiger partial charge in [0.2, 0.25) is 5.91 Å². The number of nitrogens with zero attached hydrogens (tertiary/aromatic N) is 1.